The summed E-state index contributed by atoms with van der Waals surface area (Å²) in [6, 6.07) is 13.2. The van der Waals surface area contributed by atoms with Crippen molar-refractivity contribution >= 4 is 11.6 Å². The molecule has 8 heteroatoms. The van der Waals surface area contributed by atoms with Gasteiger partial charge in [0.2, 0.25) is 0 Å². The molecule has 3 rings (SSSR count). The lowest BCUT2D eigenvalue weighted by molar-refractivity contribution is 0.102. The van der Waals surface area contributed by atoms with Crippen LogP contribution >= 0.6 is 0 Å². The van der Waals surface area contributed by atoms with E-state index in [0.29, 0.717) is 22.9 Å². The van der Waals surface area contributed by atoms with Crippen LogP contribution < -0.4 is 26.0 Å². The molecule has 0 saturated carbocycles. The summed E-state index contributed by atoms with van der Waals surface area (Å²) in [5.74, 6) is 0.289. The normalized spacial score (nSPS) is 10.3. The zero-order valence-corrected chi connectivity index (χ0v) is 14.7. The Kier molecular flexibility index (Phi) is 5.07. The van der Waals surface area contributed by atoms with Gasteiger partial charge in [-0.1, -0.05) is 18.2 Å². The molecular weight excluding hydrogens is 350 g/mol. The van der Waals surface area contributed by atoms with E-state index in [1.54, 1.807) is 48.5 Å². The van der Waals surface area contributed by atoms with Crippen molar-refractivity contribution in [3.63, 3.8) is 0 Å². The molecule has 8 nitrogen and oxygen atoms in total. The van der Waals surface area contributed by atoms with Gasteiger partial charge in [0.25, 0.3) is 11.5 Å². The fourth-order valence-electron chi connectivity index (χ4n) is 2.53. The highest BCUT2D eigenvalue weighted by Crippen LogP contribution is 2.25. The highest BCUT2D eigenvalue weighted by molar-refractivity contribution is 6.04. The molecule has 2 aromatic carbocycles. The Morgan fingerprint density at radius 1 is 1.00 bits per heavy atom. The first-order valence-corrected chi connectivity index (χ1v) is 7.98. The second-order valence-corrected chi connectivity index (χ2v) is 5.54. The summed E-state index contributed by atoms with van der Waals surface area (Å²) in [6.07, 6.45) is 1.09. The van der Waals surface area contributed by atoms with Crippen molar-refractivity contribution in [2.45, 2.75) is 0 Å². The molecule has 0 bridgehead atoms. The standard InChI is InChI=1S/C19H17N3O5/c1-26-14-8-12(9-15(10-14)27-2)21-17(23)16-11-20-19(25)22(18(16)24)13-6-4-3-5-7-13/h3-11H,1-2H3,(H,20,25)(H,21,23). The lowest BCUT2D eigenvalue weighted by atomic mass is 10.2. The van der Waals surface area contributed by atoms with E-state index in [0.717, 1.165) is 10.8 Å². The summed E-state index contributed by atoms with van der Waals surface area (Å²) in [4.78, 5) is 39.8. The van der Waals surface area contributed by atoms with Crippen molar-refractivity contribution in [3.05, 3.63) is 81.1 Å². The Balaban J connectivity index is 1.99. The number of hydrogen-bond acceptors (Lipinski definition) is 5. The smallest absolute Gasteiger partial charge is 0.333 e. The maximum atomic E-state index is 12.7. The Morgan fingerprint density at radius 2 is 1.63 bits per heavy atom. The van der Waals surface area contributed by atoms with Crippen molar-refractivity contribution in [1.82, 2.24) is 9.55 Å². The van der Waals surface area contributed by atoms with Gasteiger partial charge in [-0.15, -0.1) is 0 Å². The van der Waals surface area contributed by atoms with Gasteiger partial charge in [-0.25, -0.2) is 9.36 Å². The number of aromatic nitrogens is 2. The Morgan fingerprint density at radius 3 is 2.22 bits per heavy atom. The molecule has 27 heavy (non-hydrogen) atoms. The number of H-pyrrole nitrogens is 1. The van der Waals surface area contributed by atoms with E-state index < -0.39 is 17.2 Å². The Labute approximate surface area is 154 Å². The number of ether oxygens (including phenoxy) is 2. The summed E-state index contributed by atoms with van der Waals surface area (Å²) in [6.45, 7) is 0. The molecule has 0 saturated heterocycles. The summed E-state index contributed by atoms with van der Waals surface area (Å²) < 4.78 is 11.2. The first-order valence-electron chi connectivity index (χ1n) is 7.98. The van der Waals surface area contributed by atoms with Crippen LogP contribution in [0.3, 0.4) is 0 Å². The summed E-state index contributed by atoms with van der Waals surface area (Å²) >= 11 is 0. The summed E-state index contributed by atoms with van der Waals surface area (Å²) in [5.41, 5.74) is -0.821. The maximum Gasteiger partial charge on any atom is 0.333 e. The SMILES string of the molecule is COc1cc(NC(=O)c2c[nH]c(=O)n(-c3ccccc3)c2=O)cc(OC)c1. The number of carbonyl (C=O) groups excluding carboxylic acids is 1. The number of methoxy groups -OCH3 is 2. The molecule has 0 spiro atoms. The number of nitrogens with one attached hydrogen (secondary N) is 2. The molecule has 0 unspecified atom stereocenters. The number of benzene rings is 2. The second-order valence-electron chi connectivity index (χ2n) is 5.54. The zero-order valence-electron chi connectivity index (χ0n) is 14.7. The van der Waals surface area contributed by atoms with Crippen LogP contribution in [0.25, 0.3) is 5.69 Å². The number of nitrogens with zero attached hydrogens (tertiary/aromatic N) is 1. The number of aromatic amines is 1. The molecule has 0 aliphatic rings. The maximum absolute atomic E-state index is 12.7. The minimum Gasteiger partial charge on any atom is -0.497 e. The van der Waals surface area contributed by atoms with E-state index in [2.05, 4.69) is 10.3 Å². The summed E-state index contributed by atoms with van der Waals surface area (Å²) in [5, 5.41) is 2.61. The minimum absolute atomic E-state index is 0.208. The van der Waals surface area contributed by atoms with Crippen LogP contribution in [0.1, 0.15) is 10.4 Å². The van der Waals surface area contributed by atoms with E-state index in [9.17, 15) is 14.4 Å². The van der Waals surface area contributed by atoms with E-state index in [4.69, 9.17) is 9.47 Å². The van der Waals surface area contributed by atoms with Crippen LogP contribution in [0.15, 0.2) is 64.3 Å². The molecule has 1 aromatic heterocycles. The number of carbonyl (C=O) groups is 1. The Hall–Kier alpha value is -3.81. The third-order valence-corrected chi connectivity index (χ3v) is 3.84. The molecule has 2 N–H and O–H groups in total. The molecule has 1 amide bonds. The van der Waals surface area contributed by atoms with Crippen molar-refractivity contribution in [3.8, 4) is 17.2 Å². The van der Waals surface area contributed by atoms with Gasteiger partial charge in [-0.3, -0.25) is 9.59 Å². The molecule has 138 valence electrons. The van der Waals surface area contributed by atoms with Gasteiger partial charge < -0.3 is 19.8 Å². The quantitative estimate of drug-likeness (QED) is 0.716. The topological polar surface area (TPSA) is 102 Å². The number of amides is 1. The predicted octanol–water partition coefficient (Wildman–Crippen LogP) is 1.80. The third-order valence-electron chi connectivity index (χ3n) is 3.84. The van der Waals surface area contributed by atoms with Gasteiger partial charge in [0, 0.05) is 30.1 Å². The fourth-order valence-corrected chi connectivity index (χ4v) is 2.53. The molecule has 0 radical (unpaired) electrons. The average molecular weight is 367 g/mol. The number of anilines is 1. The number of para-hydroxylation sites is 1. The number of rotatable bonds is 5. The van der Waals surface area contributed by atoms with E-state index in [-0.39, 0.29) is 5.56 Å². The highest BCUT2D eigenvalue weighted by atomic mass is 16.5. The highest BCUT2D eigenvalue weighted by Gasteiger charge is 2.16. The molecule has 3 aromatic rings. The average Bonchev–Trinajstić information content (AvgIpc) is 2.68. The van der Waals surface area contributed by atoms with Crippen molar-refractivity contribution in [2.75, 3.05) is 19.5 Å². The first kappa shape index (κ1) is 18.0. The van der Waals surface area contributed by atoms with Gasteiger partial charge in [0.05, 0.1) is 19.9 Å². The second kappa shape index (κ2) is 7.61. The van der Waals surface area contributed by atoms with Crippen LogP contribution in [0.2, 0.25) is 0 Å². The van der Waals surface area contributed by atoms with Crippen LogP contribution in [0.5, 0.6) is 11.5 Å². The zero-order chi connectivity index (χ0) is 19.4. The van der Waals surface area contributed by atoms with Crippen LogP contribution in [-0.4, -0.2) is 29.7 Å². The molecule has 0 aliphatic carbocycles. The lowest BCUT2D eigenvalue weighted by Gasteiger charge is -2.10. The van der Waals surface area contributed by atoms with Crippen molar-refractivity contribution in [1.29, 1.82) is 0 Å². The van der Waals surface area contributed by atoms with Crippen LogP contribution in [0.4, 0.5) is 5.69 Å². The van der Waals surface area contributed by atoms with E-state index >= 15 is 0 Å². The van der Waals surface area contributed by atoms with Crippen molar-refractivity contribution in [2.24, 2.45) is 0 Å². The summed E-state index contributed by atoms with van der Waals surface area (Å²) in [7, 11) is 2.97. The van der Waals surface area contributed by atoms with E-state index in [1.165, 1.54) is 14.2 Å². The van der Waals surface area contributed by atoms with Gasteiger partial charge in [-0.05, 0) is 12.1 Å². The Bertz CT molecular complexity index is 1060. The largest absolute Gasteiger partial charge is 0.497 e. The first-order chi connectivity index (χ1) is 13.0. The third kappa shape index (κ3) is 3.74. The monoisotopic (exact) mass is 367 g/mol. The molecule has 1 heterocycles. The minimum atomic E-state index is -0.725. The molecular formula is C19H17N3O5. The van der Waals surface area contributed by atoms with Gasteiger partial charge in [0.15, 0.2) is 0 Å². The van der Waals surface area contributed by atoms with Gasteiger partial charge in [-0.2, -0.15) is 0 Å². The molecule has 0 atom stereocenters. The predicted molar refractivity (Wildman–Crippen MR) is 100 cm³/mol. The van der Waals surface area contributed by atoms with Crippen LogP contribution in [0, 0.1) is 0 Å². The molecule has 0 fully saturated rings. The molecule has 0 aliphatic heterocycles. The lowest BCUT2D eigenvalue weighted by Crippen LogP contribution is -2.38. The van der Waals surface area contributed by atoms with Crippen molar-refractivity contribution < 1.29 is 14.3 Å². The van der Waals surface area contributed by atoms with Gasteiger partial charge >= 0.3 is 5.69 Å². The van der Waals surface area contributed by atoms with Gasteiger partial charge in [0.1, 0.15) is 17.1 Å². The number of hydrogen-bond donors (Lipinski definition) is 2. The van der Waals surface area contributed by atoms with Crippen LogP contribution in [-0.2, 0) is 0 Å². The fraction of sp³-hybridized carbons (Fsp3) is 0.105. The van der Waals surface area contributed by atoms with E-state index in [1.807, 2.05) is 0 Å².